The summed E-state index contributed by atoms with van der Waals surface area (Å²) >= 11 is 0. The number of hydrogen-bond donors (Lipinski definition) is 1. The van der Waals surface area contributed by atoms with Crippen molar-refractivity contribution in [3.05, 3.63) is 23.9 Å². The van der Waals surface area contributed by atoms with Crippen LogP contribution in [-0.2, 0) is 6.18 Å². The largest absolute Gasteiger partial charge is 0.419 e. The SMILES string of the molecule is CCN(c1ncccc1C(F)(F)F)C1CCCNC1. The summed E-state index contributed by atoms with van der Waals surface area (Å²) in [5.74, 6) is 0.0474. The van der Waals surface area contributed by atoms with Crippen LogP contribution in [0.15, 0.2) is 18.3 Å². The van der Waals surface area contributed by atoms with E-state index in [1.54, 1.807) is 4.90 Å². The first-order valence-electron chi connectivity index (χ1n) is 6.53. The third kappa shape index (κ3) is 3.18. The van der Waals surface area contributed by atoms with Crippen LogP contribution in [0.2, 0.25) is 0 Å². The van der Waals surface area contributed by atoms with Gasteiger partial charge in [0.1, 0.15) is 5.82 Å². The van der Waals surface area contributed by atoms with E-state index >= 15 is 0 Å². The molecule has 3 nitrogen and oxygen atoms in total. The Hall–Kier alpha value is -1.30. The molecule has 0 saturated carbocycles. The summed E-state index contributed by atoms with van der Waals surface area (Å²) in [5.41, 5.74) is -0.651. The molecule has 6 heteroatoms. The number of piperidine rings is 1. The Balaban J connectivity index is 2.32. The molecule has 1 aromatic rings. The lowest BCUT2D eigenvalue weighted by atomic mass is 10.0. The molecule has 106 valence electrons. The van der Waals surface area contributed by atoms with Gasteiger partial charge in [-0.05, 0) is 38.4 Å². The van der Waals surface area contributed by atoms with Gasteiger partial charge in [0.25, 0.3) is 0 Å². The van der Waals surface area contributed by atoms with E-state index in [4.69, 9.17) is 0 Å². The van der Waals surface area contributed by atoms with Crippen LogP contribution in [0, 0.1) is 0 Å². The van der Waals surface area contributed by atoms with E-state index in [1.807, 2.05) is 6.92 Å². The van der Waals surface area contributed by atoms with Crippen LogP contribution in [0.25, 0.3) is 0 Å². The minimum Gasteiger partial charge on any atom is -0.352 e. The molecule has 19 heavy (non-hydrogen) atoms. The molecule has 1 unspecified atom stereocenters. The van der Waals surface area contributed by atoms with Crippen molar-refractivity contribution in [1.29, 1.82) is 0 Å². The molecule has 1 fully saturated rings. The first-order chi connectivity index (χ1) is 9.04. The number of aromatic nitrogens is 1. The fraction of sp³-hybridized carbons (Fsp3) is 0.615. The summed E-state index contributed by atoms with van der Waals surface area (Å²) in [6.45, 7) is 4.03. The Bertz CT molecular complexity index is 414. The quantitative estimate of drug-likeness (QED) is 0.917. The third-order valence-electron chi connectivity index (χ3n) is 3.42. The zero-order chi connectivity index (χ0) is 13.9. The normalized spacial score (nSPS) is 20.3. The lowest BCUT2D eigenvalue weighted by molar-refractivity contribution is -0.137. The van der Waals surface area contributed by atoms with Crippen molar-refractivity contribution in [2.75, 3.05) is 24.5 Å². The Morgan fingerprint density at radius 2 is 2.26 bits per heavy atom. The van der Waals surface area contributed by atoms with E-state index in [-0.39, 0.29) is 11.9 Å². The predicted molar refractivity (Wildman–Crippen MR) is 68.2 cm³/mol. The van der Waals surface area contributed by atoms with Gasteiger partial charge in [0.05, 0.1) is 5.56 Å². The minimum atomic E-state index is -4.36. The van der Waals surface area contributed by atoms with Crippen molar-refractivity contribution in [2.24, 2.45) is 0 Å². The van der Waals surface area contributed by atoms with Crippen molar-refractivity contribution in [3.63, 3.8) is 0 Å². The maximum Gasteiger partial charge on any atom is 0.419 e. The van der Waals surface area contributed by atoms with Crippen LogP contribution >= 0.6 is 0 Å². The van der Waals surface area contributed by atoms with Gasteiger partial charge in [-0.15, -0.1) is 0 Å². The zero-order valence-electron chi connectivity index (χ0n) is 10.9. The average Bonchev–Trinajstić information content (AvgIpc) is 2.40. The molecule has 0 aromatic carbocycles. The van der Waals surface area contributed by atoms with E-state index in [0.717, 1.165) is 25.5 Å². The standard InChI is InChI=1S/C13H18F3N3/c1-2-19(10-5-3-7-17-9-10)12-11(13(14,15)16)6-4-8-18-12/h4,6,8,10,17H,2-3,5,7,9H2,1H3. The summed E-state index contributed by atoms with van der Waals surface area (Å²) in [4.78, 5) is 5.73. The van der Waals surface area contributed by atoms with Crippen molar-refractivity contribution in [2.45, 2.75) is 32.0 Å². The molecular weight excluding hydrogens is 255 g/mol. The number of pyridine rings is 1. The van der Waals surface area contributed by atoms with Gasteiger partial charge in [-0.3, -0.25) is 0 Å². The molecule has 0 aliphatic carbocycles. The summed E-state index contributed by atoms with van der Waals surface area (Å²) in [7, 11) is 0. The molecule has 1 aliphatic rings. The number of likely N-dealkylation sites (N-methyl/N-ethyl adjacent to an activating group) is 1. The van der Waals surface area contributed by atoms with Crippen LogP contribution < -0.4 is 10.2 Å². The van der Waals surface area contributed by atoms with Gasteiger partial charge in [0, 0.05) is 25.3 Å². The van der Waals surface area contributed by atoms with Gasteiger partial charge >= 0.3 is 6.18 Å². The van der Waals surface area contributed by atoms with Gasteiger partial charge in [-0.2, -0.15) is 13.2 Å². The number of rotatable bonds is 3. The Labute approximate surface area is 110 Å². The number of anilines is 1. The molecule has 1 atom stereocenters. The average molecular weight is 273 g/mol. The van der Waals surface area contributed by atoms with Gasteiger partial charge in [-0.25, -0.2) is 4.98 Å². The molecule has 1 aromatic heterocycles. The highest BCUT2D eigenvalue weighted by atomic mass is 19.4. The van der Waals surface area contributed by atoms with Crippen molar-refractivity contribution >= 4 is 5.82 Å². The highest BCUT2D eigenvalue weighted by molar-refractivity contribution is 5.49. The summed E-state index contributed by atoms with van der Waals surface area (Å²) in [5, 5.41) is 3.23. The number of alkyl halides is 3. The molecule has 1 N–H and O–H groups in total. The van der Waals surface area contributed by atoms with Crippen LogP contribution in [0.4, 0.5) is 19.0 Å². The van der Waals surface area contributed by atoms with Gasteiger partial charge in [0.15, 0.2) is 0 Å². The topological polar surface area (TPSA) is 28.2 Å². The maximum atomic E-state index is 13.0. The minimum absolute atomic E-state index is 0.0474. The zero-order valence-corrected chi connectivity index (χ0v) is 10.9. The lowest BCUT2D eigenvalue weighted by Crippen LogP contribution is -2.47. The Morgan fingerprint density at radius 3 is 2.84 bits per heavy atom. The molecule has 2 heterocycles. The fourth-order valence-corrected chi connectivity index (χ4v) is 2.53. The number of halogens is 3. The molecule has 1 saturated heterocycles. The van der Waals surface area contributed by atoms with E-state index in [0.29, 0.717) is 13.1 Å². The van der Waals surface area contributed by atoms with Crippen molar-refractivity contribution in [3.8, 4) is 0 Å². The number of hydrogen-bond acceptors (Lipinski definition) is 3. The predicted octanol–water partition coefficient (Wildman–Crippen LogP) is 2.68. The molecule has 0 amide bonds. The molecule has 0 spiro atoms. The molecule has 0 radical (unpaired) electrons. The second-order valence-electron chi connectivity index (χ2n) is 4.66. The summed E-state index contributed by atoms with van der Waals surface area (Å²) in [6, 6.07) is 2.51. The van der Waals surface area contributed by atoms with E-state index < -0.39 is 11.7 Å². The smallest absolute Gasteiger partial charge is 0.352 e. The lowest BCUT2D eigenvalue weighted by Gasteiger charge is -2.36. The third-order valence-corrected chi connectivity index (χ3v) is 3.42. The van der Waals surface area contributed by atoms with E-state index in [1.165, 1.54) is 12.3 Å². The maximum absolute atomic E-state index is 13.0. The fourth-order valence-electron chi connectivity index (χ4n) is 2.53. The monoisotopic (exact) mass is 273 g/mol. The van der Waals surface area contributed by atoms with Crippen molar-refractivity contribution < 1.29 is 13.2 Å². The Morgan fingerprint density at radius 1 is 1.47 bits per heavy atom. The summed E-state index contributed by atoms with van der Waals surface area (Å²) < 4.78 is 39.1. The summed E-state index contributed by atoms with van der Waals surface area (Å²) in [6.07, 6.45) is -1.06. The van der Waals surface area contributed by atoms with Gasteiger partial charge in [-0.1, -0.05) is 0 Å². The number of nitrogens with one attached hydrogen (secondary N) is 1. The van der Waals surface area contributed by atoms with Crippen LogP contribution in [0.3, 0.4) is 0 Å². The van der Waals surface area contributed by atoms with Crippen LogP contribution in [-0.4, -0.2) is 30.7 Å². The molecular formula is C13H18F3N3. The number of nitrogens with zero attached hydrogens (tertiary/aromatic N) is 2. The van der Waals surface area contributed by atoms with E-state index in [2.05, 4.69) is 10.3 Å². The second kappa shape index (κ2) is 5.77. The first-order valence-corrected chi connectivity index (χ1v) is 6.53. The Kier molecular flexibility index (Phi) is 4.29. The first kappa shape index (κ1) is 14.1. The van der Waals surface area contributed by atoms with Crippen molar-refractivity contribution in [1.82, 2.24) is 10.3 Å². The highest BCUT2D eigenvalue weighted by Crippen LogP contribution is 2.36. The molecule has 2 rings (SSSR count). The second-order valence-corrected chi connectivity index (χ2v) is 4.66. The van der Waals surface area contributed by atoms with Crippen LogP contribution in [0.1, 0.15) is 25.3 Å². The van der Waals surface area contributed by atoms with Gasteiger partial charge < -0.3 is 10.2 Å². The molecule has 1 aliphatic heterocycles. The van der Waals surface area contributed by atoms with Gasteiger partial charge in [0.2, 0.25) is 0 Å². The van der Waals surface area contributed by atoms with Crippen LogP contribution in [0.5, 0.6) is 0 Å². The molecule has 0 bridgehead atoms. The van der Waals surface area contributed by atoms with E-state index in [9.17, 15) is 13.2 Å². The highest BCUT2D eigenvalue weighted by Gasteiger charge is 2.36.